The third-order valence-electron chi connectivity index (χ3n) is 6.14. The average Bonchev–Trinajstić information content (AvgIpc) is 3.35. The molecular formula is C22H26Cl3N5O3. The first-order chi connectivity index (χ1) is 15.5. The highest BCUT2D eigenvalue weighted by molar-refractivity contribution is 6.43. The Hall–Kier alpha value is -2.16. The van der Waals surface area contributed by atoms with Crippen LogP contribution >= 0.6 is 34.8 Å². The van der Waals surface area contributed by atoms with Gasteiger partial charge in [0.2, 0.25) is 5.91 Å². The van der Waals surface area contributed by atoms with Crippen LogP contribution in [-0.4, -0.2) is 47.2 Å². The average molecular weight is 515 g/mol. The van der Waals surface area contributed by atoms with Gasteiger partial charge in [0.25, 0.3) is 5.91 Å². The molecule has 2 aliphatic rings. The van der Waals surface area contributed by atoms with Gasteiger partial charge in [-0.3, -0.25) is 19.4 Å². The van der Waals surface area contributed by atoms with Crippen molar-refractivity contribution in [3.63, 3.8) is 0 Å². The van der Waals surface area contributed by atoms with Gasteiger partial charge in [-0.1, -0.05) is 55.6 Å². The van der Waals surface area contributed by atoms with Crippen LogP contribution in [0.15, 0.2) is 22.3 Å². The van der Waals surface area contributed by atoms with Crippen molar-refractivity contribution < 1.29 is 14.4 Å². The number of rotatable bonds is 7. The lowest BCUT2D eigenvalue weighted by Crippen LogP contribution is -2.52. The molecule has 0 fully saturated rings. The van der Waals surface area contributed by atoms with E-state index in [-0.39, 0.29) is 39.2 Å². The summed E-state index contributed by atoms with van der Waals surface area (Å²) >= 11 is 18.7. The molecule has 8 nitrogen and oxygen atoms in total. The number of carbonyl (C=O) groups is 3. The van der Waals surface area contributed by atoms with E-state index in [0.29, 0.717) is 30.8 Å². The lowest BCUT2D eigenvalue weighted by atomic mass is 9.77. The highest BCUT2D eigenvalue weighted by Gasteiger charge is 2.45. The molecule has 1 N–H and O–H groups in total. The number of amidine groups is 1. The molecule has 0 saturated heterocycles. The molecule has 3 atom stereocenters. The number of anilines is 1. The van der Waals surface area contributed by atoms with Gasteiger partial charge in [0, 0.05) is 35.5 Å². The van der Waals surface area contributed by atoms with Crippen LogP contribution in [0.3, 0.4) is 0 Å². The topological polar surface area (TPSA) is 94.4 Å². The summed E-state index contributed by atoms with van der Waals surface area (Å²) < 4.78 is 0. The number of nitrogens with one attached hydrogen (secondary N) is 1. The van der Waals surface area contributed by atoms with E-state index in [1.807, 2.05) is 6.92 Å². The number of halogens is 3. The first-order valence-electron chi connectivity index (χ1n) is 10.7. The SMILES string of the molecule is CCC(C)(CC(C)C(C)=O)C(=O)NC1=NN(c2c(Cl)cc(Cl)cc2Cl)C(=O)C1N1CCC=N1. The molecule has 178 valence electrons. The maximum Gasteiger partial charge on any atom is 0.279 e. The second-order valence-electron chi connectivity index (χ2n) is 8.59. The molecule has 0 aromatic heterocycles. The minimum atomic E-state index is -0.943. The zero-order chi connectivity index (χ0) is 24.5. The Morgan fingerprint density at radius 3 is 2.42 bits per heavy atom. The molecule has 0 aliphatic carbocycles. The van der Waals surface area contributed by atoms with Crippen molar-refractivity contribution in [3.05, 3.63) is 27.2 Å². The van der Waals surface area contributed by atoms with Gasteiger partial charge < -0.3 is 5.32 Å². The molecule has 33 heavy (non-hydrogen) atoms. The van der Waals surface area contributed by atoms with E-state index in [9.17, 15) is 14.4 Å². The molecule has 2 amide bonds. The van der Waals surface area contributed by atoms with Crippen molar-refractivity contribution in [2.75, 3.05) is 11.6 Å². The molecule has 0 spiro atoms. The van der Waals surface area contributed by atoms with Gasteiger partial charge in [0.05, 0.1) is 10.0 Å². The molecular weight excluding hydrogens is 489 g/mol. The second kappa shape index (κ2) is 9.99. The number of hydrogen-bond acceptors (Lipinski definition) is 6. The monoisotopic (exact) mass is 513 g/mol. The molecule has 3 unspecified atom stereocenters. The summed E-state index contributed by atoms with van der Waals surface area (Å²) in [5.41, 5.74) is -0.660. The van der Waals surface area contributed by atoms with Crippen LogP contribution in [0.4, 0.5) is 5.69 Å². The number of amides is 2. The molecule has 3 rings (SSSR count). The van der Waals surface area contributed by atoms with E-state index < -0.39 is 17.4 Å². The Labute approximate surface area is 207 Å². The lowest BCUT2D eigenvalue weighted by Gasteiger charge is -2.30. The predicted octanol–water partition coefficient (Wildman–Crippen LogP) is 4.51. The number of hydrazone groups is 2. The summed E-state index contributed by atoms with van der Waals surface area (Å²) in [5, 5.41) is 14.7. The molecule has 2 heterocycles. The highest BCUT2D eigenvalue weighted by atomic mass is 35.5. The Morgan fingerprint density at radius 1 is 1.27 bits per heavy atom. The quantitative estimate of drug-likeness (QED) is 0.579. The first-order valence-corrected chi connectivity index (χ1v) is 11.8. The molecule has 0 bridgehead atoms. The summed E-state index contributed by atoms with van der Waals surface area (Å²) in [4.78, 5) is 38.5. The zero-order valence-electron chi connectivity index (χ0n) is 18.9. The van der Waals surface area contributed by atoms with Crippen molar-refractivity contribution in [2.24, 2.45) is 21.5 Å². The smallest absolute Gasteiger partial charge is 0.279 e. The van der Waals surface area contributed by atoms with Gasteiger partial charge in [-0.2, -0.15) is 10.1 Å². The number of Topliss-reactive ketones (excluding diaryl/α,β-unsaturated/α-hetero) is 1. The lowest BCUT2D eigenvalue weighted by molar-refractivity contribution is -0.131. The third-order valence-corrected chi connectivity index (χ3v) is 6.93. The second-order valence-corrected chi connectivity index (χ2v) is 9.84. The van der Waals surface area contributed by atoms with Gasteiger partial charge >= 0.3 is 0 Å². The van der Waals surface area contributed by atoms with Crippen LogP contribution in [-0.2, 0) is 14.4 Å². The number of hydrogen-bond donors (Lipinski definition) is 1. The van der Waals surface area contributed by atoms with Gasteiger partial charge in [-0.15, -0.1) is 5.10 Å². The number of carbonyl (C=O) groups excluding carboxylic acids is 3. The Kier molecular flexibility index (Phi) is 7.71. The summed E-state index contributed by atoms with van der Waals surface area (Å²) in [7, 11) is 0. The number of ketones is 1. The van der Waals surface area contributed by atoms with Crippen LogP contribution < -0.4 is 10.3 Å². The normalized spacial score (nSPS) is 20.6. The van der Waals surface area contributed by atoms with E-state index in [1.54, 1.807) is 25.1 Å². The Balaban J connectivity index is 1.97. The molecule has 0 saturated carbocycles. The van der Waals surface area contributed by atoms with E-state index in [1.165, 1.54) is 19.1 Å². The van der Waals surface area contributed by atoms with Gasteiger partial charge in [0.1, 0.15) is 11.5 Å². The molecule has 2 aliphatic heterocycles. The standard InChI is InChI=1S/C22H26Cl3N5O3/c1-5-22(4,11-12(2)13(3)31)21(33)27-19-18(29-8-6-7-26-29)20(32)30(28-19)17-15(24)9-14(23)10-16(17)25/h7,9-10,12,18H,5-6,8,11H2,1-4H3,(H,27,28,33). The summed E-state index contributed by atoms with van der Waals surface area (Å²) in [6.07, 6.45) is 3.23. The Bertz CT molecular complexity index is 1020. The van der Waals surface area contributed by atoms with Crippen molar-refractivity contribution >= 4 is 70.1 Å². The van der Waals surface area contributed by atoms with Gasteiger partial charge in [-0.25, -0.2) is 0 Å². The van der Waals surface area contributed by atoms with Gasteiger partial charge in [0.15, 0.2) is 11.9 Å². The summed E-state index contributed by atoms with van der Waals surface area (Å²) in [5.74, 6) is -0.923. The van der Waals surface area contributed by atoms with E-state index in [4.69, 9.17) is 34.8 Å². The minimum Gasteiger partial charge on any atom is -0.310 e. The zero-order valence-corrected chi connectivity index (χ0v) is 21.1. The van der Waals surface area contributed by atoms with Crippen molar-refractivity contribution in [3.8, 4) is 0 Å². The number of nitrogens with zero attached hydrogens (tertiary/aromatic N) is 4. The largest absolute Gasteiger partial charge is 0.310 e. The Morgan fingerprint density at radius 2 is 1.91 bits per heavy atom. The van der Waals surface area contributed by atoms with E-state index in [0.717, 1.165) is 5.01 Å². The maximum atomic E-state index is 13.4. The van der Waals surface area contributed by atoms with Crippen LogP contribution in [0, 0.1) is 11.3 Å². The van der Waals surface area contributed by atoms with Crippen LogP contribution in [0.25, 0.3) is 0 Å². The summed E-state index contributed by atoms with van der Waals surface area (Å²) in [6.45, 7) is 7.49. The van der Waals surface area contributed by atoms with Crippen molar-refractivity contribution in [1.29, 1.82) is 0 Å². The fourth-order valence-corrected chi connectivity index (χ4v) is 4.77. The van der Waals surface area contributed by atoms with Crippen LogP contribution in [0.2, 0.25) is 15.1 Å². The van der Waals surface area contributed by atoms with Gasteiger partial charge in [-0.05, 0) is 31.9 Å². The van der Waals surface area contributed by atoms with Crippen LogP contribution in [0.1, 0.15) is 47.0 Å². The predicted molar refractivity (Wildman–Crippen MR) is 131 cm³/mol. The minimum absolute atomic E-state index is 0.0123. The van der Waals surface area contributed by atoms with E-state index in [2.05, 4.69) is 15.5 Å². The fraction of sp³-hybridized carbons (Fsp3) is 0.500. The maximum absolute atomic E-state index is 13.4. The molecule has 0 radical (unpaired) electrons. The van der Waals surface area contributed by atoms with Crippen molar-refractivity contribution in [2.45, 2.75) is 53.0 Å². The van der Waals surface area contributed by atoms with Crippen molar-refractivity contribution in [1.82, 2.24) is 10.3 Å². The fourth-order valence-electron chi connectivity index (χ4n) is 3.79. The third kappa shape index (κ3) is 5.18. The van der Waals surface area contributed by atoms with E-state index >= 15 is 0 Å². The summed E-state index contributed by atoms with van der Waals surface area (Å²) in [6, 6.07) is 1.98. The van der Waals surface area contributed by atoms with Crippen LogP contribution in [0.5, 0.6) is 0 Å². The molecule has 1 aromatic rings. The highest BCUT2D eigenvalue weighted by Crippen LogP contribution is 2.39. The molecule has 11 heteroatoms. The first kappa shape index (κ1) is 25.5. The molecule has 1 aromatic carbocycles. The number of benzene rings is 1.